The second kappa shape index (κ2) is 9.89. The first-order valence-electron chi connectivity index (χ1n) is 12.9. The molecule has 0 spiro atoms. The van der Waals surface area contributed by atoms with E-state index in [1.807, 2.05) is 41.3 Å². The van der Waals surface area contributed by atoms with E-state index in [9.17, 15) is 22.8 Å². The minimum absolute atomic E-state index is 0.0477. The molecule has 6 nitrogen and oxygen atoms in total. The van der Waals surface area contributed by atoms with E-state index in [1.165, 1.54) is 12.1 Å². The molecule has 2 N–H and O–H groups in total. The Bertz CT molecular complexity index is 1510. The summed E-state index contributed by atoms with van der Waals surface area (Å²) in [7, 11) is 0. The summed E-state index contributed by atoms with van der Waals surface area (Å²) in [6.45, 7) is 2.57. The fourth-order valence-electron chi connectivity index (χ4n) is 5.45. The summed E-state index contributed by atoms with van der Waals surface area (Å²) < 4.78 is 38.7. The number of nitrogens with zero attached hydrogens (tertiary/aromatic N) is 2. The summed E-state index contributed by atoms with van der Waals surface area (Å²) in [4.78, 5) is 32.6. The SMILES string of the molecule is O=C(c1ccccc1)N1CCC(NC2CN(C(=O)c3ccc4c(-c5ccc(C(F)(F)F)cc5)c[nH]c4c3)C2)C1. The molecule has 39 heavy (non-hydrogen) atoms. The molecule has 2 fully saturated rings. The Labute approximate surface area is 223 Å². The molecule has 2 saturated heterocycles. The van der Waals surface area contributed by atoms with Crippen molar-refractivity contribution in [3.63, 3.8) is 0 Å². The number of fused-ring (bicyclic) bond motifs is 1. The Kier molecular flexibility index (Phi) is 6.38. The van der Waals surface area contributed by atoms with E-state index < -0.39 is 11.7 Å². The van der Waals surface area contributed by atoms with Crippen LogP contribution in [0.4, 0.5) is 13.2 Å². The van der Waals surface area contributed by atoms with Crippen LogP contribution in [-0.2, 0) is 6.18 Å². The number of alkyl halides is 3. The molecule has 6 rings (SSSR count). The highest BCUT2D eigenvalue weighted by atomic mass is 19.4. The largest absolute Gasteiger partial charge is 0.416 e. The van der Waals surface area contributed by atoms with Crippen LogP contribution in [-0.4, -0.2) is 64.9 Å². The normalized spacial score (nSPS) is 18.0. The number of carbonyl (C=O) groups excluding carboxylic acids is 2. The quantitative estimate of drug-likeness (QED) is 0.372. The first-order chi connectivity index (χ1) is 18.8. The molecule has 0 radical (unpaired) electrons. The van der Waals surface area contributed by atoms with E-state index in [2.05, 4.69) is 10.3 Å². The van der Waals surface area contributed by atoms with E-state index in [-0.39, 0.29) is 23.9 Å². The molecular formula is C30H27F3N4O2. The van der Waals surface area contributed by atoms with Gasteiger partial charge < -0.3 is 20.1 Å². The van der Waals surface area contributed by atoms with E-state index in [0.29, 0.717) is 42.9 Å². The van der Waals surface area contributed by atoms with Crippen molar-refractivity contribution in [3.8, 4) is 11.1 Å². The number of rotatable bonds is 5. The first kappa shape index (κ1) is 25.2. The molecule has 2 aliphatic heterocycles. The van der Waals surface area contributed by atoms with Gasteiger partial charge >= 0.3 is 6.18 Å². The van der Waals surface area contributed by atoms with Crippen LogP contribution >= 0.6 is 0 Å². The van der Waals surface area contributed by atoms with Crippen molar-refractivity contribution in [1.29, 1.82) is 0 Å². The average molecular weight is 533 g/mol. The predicted molar refractivity (Wildman–Crippen MR) is 142 cm³/mol. The first-order valence-corrected chi connectivity index (χ1v) is 12.9. The van der Waals surface area contributed by atoms with Gasteiger partial charge in [0.15, 0.2) is 0 Å². The molecule has 0 bridgehead atoms. The number of halogens is 3. The fraction of sp³-hybridized carbons (Fsp3) is 0.267. The summed E-state index contributed by atoms with van der Waals surface area (Å²) in [6.07, 6.45) is -1.75. The Morgan fingerprint density at radius 3 is 2.23 bits per heavy atom. The van der Waals surface area contributed by atoms with Gasteiger partial charge in [-0.2, -0.15) is 13.2 Å². The van der Waals surface area contributed by atoms with Crippen molar-refractivity contribution < 1.29 is 22.8 Å². The van der Waals surface area contributed by atoms with Gasteiger partial charge in [-0.25, -0.2) is 0 Å². The zero-order chi connectivity index (χ0) is 27.1. The summed E-state index contributed by atoms with van der Waals surface area (Å²) in [6, 6.07) is 20.1. The van der Waals surface area contributed by atoms with Gasteiger partial charge in [-0.05, 0) is 48.4 Å². The maximum Gasteiger partial charge on any atom is 0.416 e. The molecule has 0 aliphatic carbocycles. The summed E-state index contributed by atoms with van der Waals surface area (Å²) in [5.41, 5.74) is 2.77. The second-order valence-corrected chi connectivity index (χ2v) is 10.2. The van der Waals surface area contributed by atoms with Gasteiger partial charge in [-0.1, -0.05) is 36.4 Å². The van der Waals surface area contributed by atoms with Gasteiger partial charge in [0.25, 0.3) is 11.8 Å². The highest BCUT2D eigenvalue weighted by Gasteiger charge is 2.35. The number of hydrogen-bond acceptors (Lipinski definition) is 3. The highest BCUT2D eigenvalue weighted by Crippen LogP contribution is 2.34. The molecule has 200 valence electrons. The van der Waals surface area contributed by atoms with Gasteiger partial charge in [0.2, 0.25) is 0 Å². The van der Waals surface area contributed by atoms with Crippen LogP contribution in [0, 0.1) is 0 Å². The Morgan fingerprint density at radius 2 is 1.51 bits per heavy atom. The topological polar surface area (TPSA) is 68.4 Å². The summed E-state index contributed by atoms with van der Waals surface area (Å²) >= 11 is 0. The average Bonchev–Trinajstić information content (AvgIpc) is 3.57. The van der Waals surface area contributed by atoms with Crippen LogP contribution < -0.4 is 5.32 Å². The monoisotopic (exact) mass is 532 g/mol. The molecule has 9 heteroatoms. The number of amides is 2. The van der Waals surface area contributed by atoms with Gasteiger partial charge in [-0.15, -0.1) is 0 Å². The van der Waals surface area contributed by atoms with Crippen molar-refractivity contribution in [1.82, 2.24) is 20.1 Å². The molecule has 2 aliphatic rings. The highest BCUT2D eigenvalue weighted by molar-refractivity contribution is 6.02. The maximum absolute atomic E-state index is 13.1. The molecule has 0 saturated carbocycles. The van der Waals surface area contributed by atoms with E-state index in [4.69, 9.17) is 0 Å². The Hall–Kier alpha value is -4.11. The number of aromatic amines is 1. The van der Waals surface area contributed by atoms with Crippen LogP contribution in [0.15, 0.2) is 79.0 Å². The number of H-pyrrole nitrogens is 1. The molecule has 2 amide bonds. The minimum Gasteiger partial charge on any atom is -0.361 e. The van der Waals surface area contributed by atoms with Gasteiger partial charge in [0.05, 0.1) is 5.56 Å². The smallest absolute Gasteiger partial charge is 0.361 e. The van der Waals surface area contributed by atoms with E-state index >= 15 is 0 Å². The summed E-state index contributed by atoms with van der Waals surface area (Å²) in [5.74, 6) is -0.0144. The lowest BCUT2D eigenvalue weighted by Crippen LogP contribution is -2.62. The van der Waals surface area contributed by atoms with Crippen LogP contribution in [0.1, 0.15) is 32.7 Å². The zero-order valence-corrected chi connectivity index (χ0v) is 21.0. The van der Waals surface area contributed by atoms with Crippen LogP contribution in [0.5, 0.6) is 0 Å². The van der Waals surface area contributed by atoms with Crippen molar-refractivity contribution in [2.24, 2.45) is 0 Å². The van der Waals surface area contributed by atoms with Crippen molar-refractivity contribution in [2.75, 3.05) is 26.2 Å². The molecule has 1 aromatic heterocycles. The molecule has 1 unspecified atom stereocenters. The molecular weight excluding hydrogens is 505 g/mol. The van der Waals surface area contributed by atoms with Gasteiger partial charge in [-0.3, -0.25) is 9.59 Å². The van der Waals surface area contributed by atoms with E-state index in [1.54, 1.807) is 23.2 Å². The third-order valence-corrected chi connectivity index (χ3v) is 7.59. The van der Waals surface area contributed by atoms with Crippen LogP contribution in [0.25, 0.3) is 22.0 Å². The predicted octanol–water partition coefficient (Wildman–Crippen LogP) is 5.18. The molecule has 3 heterocycles. The minimum atomic E-state index is -4.38. The lowest BCUT2D eigenvalue weighted by Gasteiger charge is -2.41. The number of aromatic nitrogens is 1. The molecule has 1 atom stereocenters. The van der Waals surface area contributed by atoms with Crippen molar-refractivity contribution >= 4 is 22.7 Å². The fourth-order valence-corrected chi connectivity index (χ4v) is 5.45. The number of likely N-dealkylation sites (tertiary alicyclic amines) is 2. The third kappa shape index (κ3) is 5.02. The second-order valence-electron chi connectivity index (χ2n) is 10.2. The summed E-state index contributed by atoms with van der Waals surface area (Å²) in [5, 5.41) is 4.43. The Morgan fingerprint density at radius 1 is 0.821 bits per heavy atom. The van der Waals surface area contributed by atoms with Crippen molar-refractivity contribution in [2.45, 2.75) is 24.7 Å². The molecule has 4 aromatic rings. The van der Waals surface area contributed by atoms with Crippen LogP contribution in [0.3, 0.4) is 0 Å². The number of nitrogens with one attached hydrogen (secondary N) is 2. The number of hydrogen-bond donors (Lipinski definition) is 2. The van der Waals surface area contributed by atoms with Gasteiger partial charge in [0.1, 0.15) is 0 Å². The van der Waals surface area contributed by atoms with E-state index in [0.717, 1.165) is 35.0 Å². The lowest BCUT2D eigenvalue weighted by atomic mass is 10.0. The van der Waals surface area contributed by atoms with Crippen LogP contribution in [0.2, 0.25) is 0 Å². The van der Waals surface area contributed by atoms with Crippen molar-refractivity contribution in [3.05, 3.63) is 95.7 Å². The third-order valence-electron chi connectivity index (χ3n) is 7.59. The number of carbonyl (C=O) groups is 2. The van der Waals surface area contributed by atoms with Gasteiger partial charge in [0, 0.05) is 72.1 Å². The maximum atomic E-state index is 13.1. The lowest BCUT2D eigenvalue weighted by molar-refractivity contribution is -0.137. The standard InChI is InChI=1S/C30H27F3N4O2/c31-30(32,33)22-9-6-19(7-10-22)26-15-34-27-14-21(8-11-25(26)27)29(39)37-17-24(18-37)35-23-12-13-36(16-23)28(38)20-4-2-1-3-5-20/h1-11,14-15,23-24,34-35H,12-13,16-18H2. The number of benzene rings is 3. The zero-order valence-electron chi connectivity index (χ0n) is 21.0. The molecule has 3 aromatic carbocycles. The Balaban J connectivity index is 1.04.